The minimum atomic E-state index is -1.33. The zero-order valence-corrected chi connectivity index (χ0v) is 13.0. The topological polar surface area (TPSA) is 74.6 Å². The molecule has 0 fully saturated rings. The number of benzene rings is 1. The highest BCUT2D eigenvalue weighted by Gasteiger charge is 2.49. The molecule has 0 heterocycles. The van der Waals surface area contributed by atoms with Crippen LogP contribution in [0.4, 0.5) is 0 Å². The molecule has 1 atom stereocenters. The summed E-state index contributed by atoms with van der Waals surface area (Å²) in [6.45, 7) is 5.32. The van der Waals surface area contributed by atoms with Gasteiger partial charge in [-0.05, 0) is 24.1 Å². The number of Topliss-reactive ketones (excluding diaryl/α,β-unsaturated/α-hetero) is 1. The third-order valence-corrected chi connectivity index (χ3v) is 4.21. The van der Waals surface area contributed by atoms with Crippen LogP contribution in [0.2, 0.25) is 0 Å². The zero-order chi connectivity index (χ0) is 16.5. The smallest absolute Gasteiger partial charge is 0.328 e. The molecule has 1 aromatic rings. The van der Waals surface area contributed by atoms with Gasteiger partial charge in [0.05, 0.1) is 0 Å². The molecule has 2 N–H and O–H groups in total. The quantitative estimate of drug-likeness (QED) is 0.664. The lowest BCUT2D eigenvalue weighted by atomic mass is 9.62. The Morgan fingerprint density at radius 1 is 1.27 bits per heavy atom. The predicted molar refractivity (Wildman–Crippen MR) is 83.6 cm³/mol. The van der Waals surface area contributed by atoms with Crippen molar-refractivity contribution < 1.29 is 19.8 Å². The Balaban J connectivity index is 2.55. The molecule has 0 aromatic heterocycles. The number of carboxylic acid groups (broad SMARTS) is 1. The van der Waals surface area contributed by atoms with Crippen LogP contribution in [0, 0.1) is 5.41 Å². The summed E-state index contributed by atoms with van der Waals surface area (Å²) in [5.74, 6) is -1.02. The Morgan fingerprint density at radius 2 is 1.91 bits per heavy atom. The van der Waals surface area contributed by atoms with E-state index in [1.807, 2.05) is 13.8 Å². The van der Waals surface area contributed by atoms with Crippen molar-refractivity contribution in [3.05, 3.63) is 59.2 Å². The second kappa shape index (κ2) is 5.54. The number of carbonyl (C=O) groups is 2. The number of hydrogen-bond acceptors (Lipinski definition) is 3. The van der Waals surface area contributed by atoms with Gasteiger partial charge in [-0.25, -0.2) is 4.79 Å². The number of aliphatic carboxylic acids is 1. The summed E-state index contributed by atoms with van der Waals surface area (Å²) >= 11 is 0. The van der Waals surface area contributed by atoms with Gasteiger partial charge in [0, 0.05) is 23.5 Å². The number of allylic oxidation sites excluding steroid dienone is 2. The number of carboxylic acids is 1. The first-order chi connectivity index (χ1) is 10.2. The molecule has 1 aliphatic carbocycles. The maximum Gasteiger partial charge on any atom is 0.328 e. The minimum Gasteiger partial charge on any atom is -0.478 e. The molecule has 4 heteroatoms. The van der Waals surface area contributed by atoms with Gasteiger partial charge in [-0.1, -0.05) is 44.2 Å². The van der Waals surface area contributed by atoms with E-state index in [4.69, 9.17) is 5.11 Å². The van der Waals surface area contributed by atoms with Crippen LogP contribution in [0.25, 0.3) is 0 Å². The van der Waals surface area contributed by atoms with Crippen molar-refractivity contribution in [2.45, 2.75) is 32.8 Å². The predicted octanol–water partition coefficient (Wildman–Crippen LogP) is 3.07. The molecule has 0 aliphatic heterocycles. The van der Waals surface area contributed by atoms with Crippen LogP contribution < -0.4 is 0 Å². The lowest BCUT2D eigenvalue weighted by Gasteiger charge is -2.45. The molecule has 1 aliphatic rings. The van der Waals surface area contributed by atoms with Crippen molar-refractivity contribution in [2.75, 3.05) is 0 Å². The van der Waals surface area contributed by atoms with Crippen LogP contribution in [0.3, 0.4) is 0 Å². The van der Waals surface area contributed by atoms with Gasteiger partial charge in [0.15, 0.2) is 5.78 Å². The summed E-state index contributed by atoms with van der Waals surface area (Å²) in [7, 11) is 0. The Labute approximate surface area is 129 Å². The lowest BCUT2D eigenvalue weighted by molar-refractivity contribution is -0.131. The van der Waals surface area contributed by atoms with Gasteiger partial charge in [-0.2, -0.15) is 0 Å². The van der Waals surface area contributed by atoms with Crippen LogP contribution in [0.15, 0.2) is 48.1 Å². The van der Waals surface area contributed by atoms with Crippen LogP contribution in [-0.2, 0) is 10.4 Å². The van der Waals surface area contributed by atoms with Crippen molar-refractivity contribution >= 4 is 11.8 Å². The molecule has 0 amide bonds. The average Bonchev–Trinajstić information content (AvgIpc) is 2.42. The highest BCUT2D eigenvalue weighted by atomic mass is 16.4. The molecule has 0 spiro atoms. The van der Waals surface area contributed by atoms with Crippen LogP contribution in [-0.4, -0.2) is 22.0 Å². The Bertz CT molecular complexity index is 682. The van der Waals surface area contributed by atoms with Crippen molar-refractivity contribution in [2.24, 2.45) is 5.41 Å². The van der Waals surface area contributed by atoms with Gasteiger partial charge < -0.3 is 10.2 Å². The Morgan fingerprint density at radius 3 is 2.55 bits per heavy atom. The van der Waals surface area contributed by atoms with E-state index in [1.54, 1.807) is 43.3 Å². The fourth-order valence-electron chi connectivity index (χ4n) is 2.86. The molecule has 0 saturated carbocycles. The first-order valence-corrected chi connectivity index (χ1v) is 7.13. The van der Waals surface area contributed by atoms with Crippen LogP contribution in [0.1, 0.15) is 43.1 Å². The van der Waals surface area contributed by atoms with E-state index in [1.165, 1.54) is 0 Å². The van der Waals surface area contributed by atoms with Crippen molar-refractivity contribution in [1.82, 2.24) is 0 Å². The van der Waals surface area contributed by atoms with E-state index >= 15 is 0 Å². The molecule has 4 nitrogen and oxygen atoms in total. The summed E-state index contributed by atoms with van der Waals surface area (Å²) in [6, 6.07) is 7.02. The average molecular weight is 300 g/mol. The van der Waals surface area contributed by atoms with Crippen molar-refractivity contribution in [1.29, 1.82) is 0 Å². The van der Waals surface area contributed by atoms with E-state index < -0.39 is 17.0 Å². The second-order valence-electron chi connectivity index (χ2n) is 6.36. The first kappa shape index (κ1) is 16.2. The van der Waals surface area contributed by atoms with Gasteiger partial charge >= 0.3 is 5.97 Å². The van der Waals surface area contributed by atoms with Gasteiger partial charge in [0.1, 0.15) is 5.60 Å². The Hall–Kier alpha value is -2.20. The van der Waals surface area contributed by atoms with Gasteiger partial charge in [-0.15, -0.1) is 0 Å². The van der Waals surface area contributed by atoms with E-state index in [2.05, 4.69) is 0 Å². The molecule has 1 aromatic carbocycles. The van der Waals surface area contributed by atoms with E-state index in [9.17, 15) is 14.7 Å². The summed E-state index contributed by atoms with van der Waals surface area (Å²) in [6.07, 6.45) is 4.48. The summed E-state index contributed by atoms with van der Waals surface area (Å²) < 4.78 is 0. The minimum absolute atomic E-state index is 0.0106. The lowest BCUT2D eigenvalue weighted by Crippen LogP contribution is -2.46. The van der Waals surface area contributed by atoms with E-state index in [-0.39, 0.29) is 12.2 Å². The van der Waals surface area contributed by atoms with Gasteiger partial charge in [0.2, 0.25) is 0 Å². The van der Waals surface area contributed by atoms with Gasteiger partial charge in [0.25, 0.3) is 0 Å². The zero-order valence-electron chi connectivity index (χ0n) is 13.0. The fraction of sp³-hybridized carbons (Fsp3) is 0.333. The number of rotatable bonds is 3. The maximum absolute atomic E-state index is 12.2. The summed E-state index contributed by atoms with van der Waals surface area (Å²) in [5.41, 5.74) is -0.403. The molecule has 0 radical (unpaired) electrons. The SMILES string of the molecule is CC(C=C[C@@]1(O)c2ccccc2C(=O)CC1(C)C)=CC(=O)O. The highest BCUT2D eigenvalue weighted by molar-refractivity contribution is 5.99. The largest absolute Gasteiger partial charge is 0.478 e. The van der Waals surface area contributed by atoms with Crippen molar-refractivity contribution in [3.63, 3.8) is 0 Å². The second-order valence-corrected chi connectivity index (χ2v) is 6.36. The number of fused-ring (bicyclic) bond motifs is 1. The normalized spacial score (nSPS) is 24.4. The van der Waals surface area contributed by atoms with Crippen molar-refractivity contribution in [3.8, 4) is 0 Å². The molecule has 0 unspecified atom stereocenters. The molecular weight excluding hydrogens is 280 g/mol. The fourth-order valence-corrected chi connectivity index (χ4v) is 2.86. The summed E-state index contributed by atoms with van der Waals surface area (Å²) in [5, 5.41) is 20.0. The van der Waals surface area contributed by atoms with Gasteiger partial charge in [-0.3, -0.25) is 4.79 Å². The van der Waals surface area contributed by atoms with E-state index in [0.717, 1.165) is 6.08 Å². The Kier molecular flexibility index (Phi) is 4.07. The monoisotopic (exact) mass is 300 g/mol. The van der Waals surface area contributed by atoms with E-state index in [0.29, 0.717) is 16.7 Å². The summed E-state index contributed by atoms with van der Waals surface area (Å²) in [4.78, 5) is 22.9. The molecular formula is C18H20O4. The molecule has 116 valence electrons. The standard InChI is InChI=1S/C18H20O4/c1-12(10-16(20)21)8-9-18(22)14-7-5-4-6-13(14)15(19)11-17(18,2)3/h4-10,22H,11H2,1-3H3,(H,20,21)/t18-/m1/s1. The highest BCUT2D eigenvalue weighted by Crippen LogP contribution is 2.49. The molecule has 0 saturated heterocycles. The first-order valence-electron chi connectivity index (χ1n) is 7.13. The molecule has 2 rings (SSSR count). The third-order valence-electron chi connectivity index (χ3n) is 4.21. The number of hydrogen-bond donors (Lipinski definition) is 2. The maximum atomic E-state index is 12.2. The van der Waals surface area contributed by atoms with Crippen LogP contribution in [0.5, 0.6) is 0 Å². The number of carbonyl (C=O) groups excluding carboxylic acids is 1. The number of ketones is 1. The third kappa shape index (κ3) is 2.74. The molecule has 0 bridgehead atoms. The van der Waals surface area contributed by atoms with Crippen LogP contribution >= 0.6 is 0 Å². The molecule has 22 heavy (non-hydrogen) atoms. The number of aliphatic hydroxyl groups is 1.